The fraction of sp³-hybridized carbons (Fsp3) is 0.735. The third-order valence-corrected chi connectivity index (χ3v) is 15.7. The number of aromatic amines is 1. The lowest BCUT2D eigenvalue weighted by Gasteiger charge is -2.53. The van der Waals surface area contributed by atoms with Crippen LogP contribution in [0.5, 0.6) is 0 Å². The summed E-state index contributed by atoms with van der Waals surface area (Å²) in [6, 6.07) is 3.54. The van der Waals surface area contributed by atoms with Crippen LogP contribution in [0.4, 0.5) is 0 Å². The first-order chi connectivity index (χ1) is 20.1. The van der Waals surface area contributed by atoms with Gasteiger partial charge in [0.25, 0.3) is 0 Å². The van der Waals surface area contributed by atoms with E-state index >= 15 is 0 Å². The second kappa shape index (κ2) is 11.9. The van der Waals surface area contributed by atoms with E-state index in [2.05, 4.69) is 77.8 Å². The molecule has 1 aromatic rings. The molecule has 240 valence electrons. The zero-order valence-electron chi connectivity index (χ0n) is 27.6. The highest BCUT2D eigenvalue weighted by atomic mass is 28.4. The summed E-state index contributed by atoms with van der Waals surface area (Å²) >= 11 is 0. The zero-order chi connectivity index (χ0) is 31.5. The van der Waals surface area contributed by atoms with Crippen LogP contribution in [-0.4, -0.2) is 80.3 Å². The van der Waals surface area contributed by atoms with Gasteiger partial charge in [0.05, 0.1) is 31.0 Å². The van der Waals surface area contributed by atoms with E-state index in [-0.39, 0.29) is 65.0 Å². The first kappa shape index (κ1) is 32.6. The number of aliphatic hydroxyl groups excluding tert-OH is 1. The molecular formula is C34H53NO7Si. The van der Waals surface area contributed by atoms with Crippen LogP contribution in [0, 0.1) is 29.6 Å². The minimum absolute atomic E-state index is 0.000168. The highest BCUT2D eigenvalue weighted by molar-refractivity contribution is 6.74. The number of H-pyrrole nitrogens is 1. The molecule has 43 heavy (non-hydrogen) atoms. The Balaban J connectivity index is 1.65. The Bertz CT molecular complexity index is 1200. The lowest BCUT2D eigenvalue weighted by molar-refractivity contribution is -0.117. The van der Waals surface area contributed by atoms with Crippen LogP contribution >= 0.6 is 0 Å². The number of carbonyl (C=O) groups excluding carboxylic acids is 1. The van der Waals surface area contributed by atoms with Crippen molar-refractivity contribution in [2.45, 2.75) is 115 Å². The van der Waals surface area contributed by atoms with Crippen molar-refractivity contribution in [2.75, 3.05) is 13.7 Å². The van der Waals surface area contributed by atoms with Gasteiger partial charge < -0.3 is 33.5 Å². The molecule has 4 aliphatic rings. The lowest BCUT2D eigenvalue weighted by Crippen LogP contribution is -2.60. The monoisotopic (exact) mass is 615 g/mol. The Morgan fingerprint density at radius 3 is 2.53 bits per heavy atom. The predicted octanol–water partition coefficient (Wildman–Crippen LogP) is 5.90. The maximum atomic E-state index is 13.4. The Hall–Kier alpha value is -1.75. The van der Waals surface area contributed by atoms with Gasteiger partial charge in [-0.25, -0.2) is 4.79 Å². The number of aliphatic hydroxyl groups is 1. The first-order valence-corrected chi connectivity index (χ1v) is 18.9. The molecule has 4 bridgehead atoms. The van der Waals surface area contributed by atoms with Gasteiger partial charge in [-0.1, -0.05) is 52.8 Å². The van der Waals surface area contributed by atoms with E-state index in [9.17, 15) is 9.90 Å². The van der Waals surface area contributed by atoms with Crippen molar-refractivity contribution in [1.82, 2.24) is 4.98 Å². The number of nitrogens with one attached hydrogen (secondary N) is 1. The quantitative estimate of drug-likeness (QED) is 0.233. The van der Waals surface area contributed by atoms with Gasteiger partial charge in [0.15, 0.2) is 8.32 Å². The molecule has 5 rings (SSSR count). The van der Waals surface area contributed by atoms with Gasteiger partial charge in [-0.15, -0.1) is 0 Å². The normalized spacial score (nSPS) is 41.6. The largest absolute Gasteiger partial charge is 0.455 e. The number of rotatable bonds is 6. The molecule has 2 aliphatic heterocycles. The molecule has 1 saturated carbocycles. The molecule has 1 spiro atoms. The predicted molar refractivity (Wildman–Crippen MR) is 168 cm³/mol. The average Bonchev–Trinajstić information content (AvgIpc) is 3.52. The third kappa shape index (κ3) is 5.63. The fourth-order valence-electron chi connectivity index (χ4n) is 7.91. The summed E-state index contributed by atoms with van der Waals surface area (Å²) < 4.78 is 33.3. The molecule has 8 nitrogen and oxygen atoms in total. The maximum Gasteiger partial charge on any atom is 0.355 e. The number of hydrogen-bond acceptors (Lipinski definition) is 7. The first-order valence-electron chi connectivity index (χ1n) is 16.0. The lowest BCUT2D eigenvalue weighted by atomic mass is 9.57. The average molecular weight is 616 g/mol. The van der Waals surface area contributed by atoms with Crippen molar-refractivity contribution in [3.05, 3.63) is 47.8 Å². The van der Waals surface area contributed by atoms with Gasteiger partial charge in [0.1, 0.15) is 23.5 Å². The molecule has 1 saturated heterocycles. The molecule has 1 aromatic heterocycles. The molecule has 9 heteroatoms. The number of ether oxygens (including phenoxy) is 4. The Morgan fingerprint density at radius 2 is 1.93 bits per heavy atom. The molecule has 0 unspecified atom stereocenters. The van der Waals surface area contributed by atoms with E-state index in [1.165, 1.54) is 0 Å². The van der Waals surface area contributed by atoms with Crippen molar-refractivity contribution < 1.29 is 33.3 Å². The molecule has 0 aromatic carbocycles. The molecule has 3 heterocycles. The zero-order valence-corrected chi connectivity index (χ0v) is 28.6. The number of methoxy groups -OCH3 is 1. The molecule has 12 atom stereocenters. The van der Waals surface area contributed by atoms with Gasteiger partial charge in [-0.2, -0.15) is 0 Å². The van der Waals surface area contributed by atoms with Gasteiger partial charge in [0.2, 0.25) is 0 Å². The van der Waals surface area contributed by atoms with Crippen LogP contribution in [0.2, 0.25) is 18.1 Å². The summed E-state index contributed by atoms with van der Waals surface area (Å²) in [5, 5.41) is 10.7. The third-order valence-electron chi connectivity index (χ3n) is 11.2. The van der Waals surface area contributed by atoms with Crippen LogP contribution in [0.3, 0.4) is 0 Å². The number of carbonyl (C=O) groups is 1. The summed E-state index contributed by atoms with van der Waals surface area (Å²) in [4.78, 5) is 16.4. The van der Waals surface area contributed by atoms with Crippen molar-refractivity contribution in [2.24, 2.45) is 29.6 Å². The standard InChI is InChI=1S/C34H53NO7Si/c1-19-16-20(2)34-23(17-24(38-8)18-39-28(19)22(4)36)13-14-25-27(34)29(42-43(9,10)33(5,6)7)21(3)30(31(25)41-34)40-32(37)26-12-11-15-35-26/h11-16,19,21-25,27-31,35-36H,17-18H2,1-10H3/b20-16+/t19-,21-,22-,23-,24+,25-,27+,28+,29-,30-,31-,34+/m1/s1. The summed E-state index contributed by atoms with van der Waals surface area (Å²) in [5.74, 6) is -0.457. The molecule has 2 fully saturated rings. The summed E-state index contributed by atoms with van der Waals surface area (Å²) in [5.41, 5.74) is 0.870. The molecule has 0 amide bonds. The SMILES string of the molecule is CO[C@@H]1CO[C@H]([C@@H](C)O)[C@H](C)/C=C(\C)[C@]23O[C@@H]4[C@H](C=C[C@@H]2C1)[C@H]3[C@H](O[Si](C)(C)C(C)(C)C)[C@@H](C)[C@H]4OC(=O)c1ccc[nH]1. The van der Waals surface area contributed by atoms with Crippen LogP contribution < -0.4 is 0 Å². The molecule has 2 aliphatic carbocycles. The number of hydrogen-bond donors (Lipinski definition) is 2. The van der Waals surface area contributed by atoms with E-state index in [1.807, 2.05) is 0 Å². The maximum absolute atomic E-state index is 13.4. The van der Waals surface area contributed by atoms with E-state index in [0.29, 0.717) is 18.7 Å². The van der Waals surface area contributed by atoms with Crippen LogP contribution in [-0.2, 0) is 23.4 Å². The smallest absolute Gasteiger partial charge is 0.355 e. The fourth-order valence-corrected chi connectivity index (χ4v) is 9.30. The second-order valence-corrected chi connectivity index (χ2v) is 19.7. The molecular weight excluding hydrogens is 562 g/mol. The molecule has 2 N–H and O–H groups in total. The highest BCUT2D eigenvalue weighted by Gasteiger charge is 2.70. The van der Waals surface area contributed by atoms with Crippen molar-refractivity contribution >= 4 is 14.3 Å². The molecule has 0 radical (unpaired) electrons. The summed E-state index contributed by atoms with van der Waals surface area (Å²) in [7, 11) is -0.527. The van der Waals surface area contributed by atoms with E-state index in [0.717, 1.165) is 5.57 Å². The Kier molecular flexibility index (Phi) is 9.01. The highest BCUT2D eigenvalue weighted by Crippen LogP contribution is 2.62. The van der Waals surface area contributed by atoms with Gasteiger partial charge >= 0.3 is 5.97 Å². The topological polar surface area (TPSA) is 99.2 Å². The minimum atomic E-state index is -2.25. The number of aromatic nitrogens is 1. The van der Waals surface area contributed by atoms with E-state index < -0.39 is 26.1 Å². The summed E-state index contributed by atoms with van der Waals surface area (Å²) in [6.45, 7) is 20.0. The Morgan fingerprint density at radius 1 is 1.21 bits per heavy atom. The van der Waals surface area contributed by atoms with E-state index in [1.54, 1.807) is 32.4 Å². The van der Waals surface area contributed by atoms with Crippen molar-refractivity contribution in [3.8, 4) is 0 Å². The van der Waals surface area contributed by atoms with Gasteiger partial charge in [0, 0.05) is 42.9 Å². The van der Waals surface area contributed by atoms with E-state index in [4.69, 9.17) is 23.4 Å². The minimum Gasteiger partial charge on any atom is -0.455 e. The van der Waals surface area contributed by atoms with Gasteiger partial charge in [-0.05, 0) is 56.1 Å². The van der Waals surface area contributed by atoms with Crippen LogP contribution in [0.15, 0.2) is 42.1 Å². The van der Waals surface area contributed by atoms with Gasteiger partial charge in [-0.3, -0.25) is 0 Å². The second-order valence-electron chi connectivity index (χ2n) is 15.0. The van der Waals surface area contributed by atoms with Crippen LogP contribution in [0.25, 0.3) is 0 Å². The van der Waals surface area contributed by atoms with Crippen LogP contribution in [0.1, 0.15) is 65.4 Å². The van der Waals surface area contributed by atoms with Crippen molar-refractivity contribution in [3.63, 3.8) is 0 Å². The summed E-state index contributed by atoms with van der Waals surface area (Å²) in [6.07, 6.45) is 7.09. The van der Waals surface area contributed by atoms with Crippen molar-refractivity contribution in [1.29, 1.82) is 0 Å². The Labute approximate surface area is 258 Å². The number of esters is 1.